The Balaban J connectivity index is 1.82. The summed E-state index contributed by atoms with van der Waals surface area (Å²) >= 11 is 0. The van der Waals surface area contributed by atoms with Gasteiger partial charge in [-0.1, -0.05) is 24.6 Å². The van der Waals surface area contributed by atoms with E-state index in [-0.39, 0.29) is 22.8 Å². The number of hydrogen-bond acceptors (Lipinski definition) is 4. The van der Waals surface area contributed by atoms with E-state index in [1.54, 1.807) is 6.92 Å². The van der Waals surface area contributed by atoms with Crippen LogP contribution in [-0.2, 0) is 14.8 Å². The molecule has 166 valence electrons. The zero-order valence-corrected chi connectivity index (χ0v) is 18.1. The molecule has 0 saturated carbocycles. The largest absolute Gasteiger partial charge is 0.348 e. The second-order valence-corrected chi connectivity index (χ2v) is 9.49. The molecule has 1 amide bonds. The predicted molar refractivity (Wildman–Crippen MR) is 111 cm³/mol. The predicted octanol–water partition coefficient (Wildman–Crippen LogP) is 3.59. The van der Waals surface area contributed by atoms with Crippen LogP contribution in [0.15, 0.2) is 47.4 Å². The van der Waals surface area contributed by atoms with Crippen LogP contribution in [0.1, 0.15) is 55.1 Å². The van der Waals surface area contributed by atoms with Gasteiger partial charge in [-0.2, -0.15) is 4.31 Å². The zero-order chi connectivity index (χ0) is 22.8. The fraction of sp³-hybridized carbons (Fsp3) is 0.364. The third-order valence-electron chi connectivity index (χ3n) is 5.41. The molecular formula is C22H24F2N2O4S. The fourth-order valence-corrected chi connectivity index (χ4v) is 5.35. The van der Waals surface area contributed by atoms with E-state index < -0.39 is 39.6 Å². The number of rotatable bonds is 6. The van der Waals surface area contributed by atoms with Crippen molar-refractivity contribution in [1.82, 2.24) is 9.62 Å². The topological polar surface area (TPSA) is 83.6 Å². The quantitative estimate of drug-likeness (QED) is 0.682. The standard InChI is InChI=1S/C22H24F2N2O4S/c1-14(19-11-8-17(23)13-20(19)24)25-22(28)21-5-3-4-12-26(21)31(29,30)18-9-6-16(7-10-18)15(2)27/h6-11,13-14,21H,3-5,12H2,1-2H3,(H,25,28)/t14-,21-/m1/s1. The molecule has 0 aromatic heterocycles. The van der Waals surface area contributed by atoms with E-state index in [9.17, 15) is 26.8 Å². The maximum absolute atomic E-state index is 14.0. The van der Waals surface area contributed by atoms with Crippen molar-refractivity contribution in [2.45, 2.75) is 50.1 Å². The molecule has 0 bridgehead atoms. The first-order valence-corrected chi connectivity index (χ1v) is 11.4. The van der Waals surface area contributed by atoms with Crippen LogP contribution in [0.2, 0.25) is 0 Å². The number of ketones is 1. The van der Waals surface area contributed by atoms with E-state index in [2.05, 4.69) is 5.32 Å². The molecule has 0 radical (unpaired) electrons. The third kappa shape index (κ3) is 4.99. The number of carbonyl (C=O) groups excluding carboxylic acids is 2. The van der Waals surface area contributed by atoms with Crippen LogP contribution in [0.4, 0.5) is 8.78 Å². The lowest BCUT2D eigenvalue weighted by atomic mass is 10.0. The number of piperidine rings is 1. The summed E-state index contributed by atoms with van der Waals surface area (Å²) in [7, 11) is -3.98. The van der Waals surface area contributed by atoms with Gasteiger partial charge in [-0.05, 0) is 44.9 Å². The molecule has 1 N–H and O–H groups in total. The molecule has 2 atom stereocenters. The molecule has 0 aliphatic carbocycles. The molecule has 2 aromatic carbocycles. The minimum absolute atomic E-state index is 0.00479. The van der Waals surface area contributed by atoms with E-state index >= 15 is 0 Å². The zero-order valence-electron chi connectivity index (χ0n) is 17.3. The number of carbonyl (C=O) groups is 2. The summed E-state index contributed by atoms with van der Waals surface area (Å²) in [5, 5.41) is 2.65. The monoisotopic (exact) mass is 450 g/mol. The van der Waals surface area contributed by atoms with Crippen LogP contribution >= 0.6 is 0 Å². The average Bonchev–Trinajstić information content (AvgIpc) is 2.73. The number of sulfonamides is 1. The van der Waals surface area contributed by atoms with E-state index in [4.69, 9.17) is 0 Å². The first kappa shape index (κ1) is 23.0. The van der Waals surface area contributed by atoms with E-state index in [1.807, 2.05) is 0 Å². The molecule has 31 heavy (non-hydrogen) atoms. The molecule has 1 aliphatic heterocycles. The Morgan fingerprint density at radius 1 is 1.10 bits per heavy atom. The molecule has 0 spiro atoms. The number of nitrogens with one attached hydrogen (secondary N) is 1. The Labute approximate surface area is 180 Å². The maximum Gasteiger partial charge on any atom is 0.243 e. The summed E-state index contributed by atoms with van der Waals surface area (Å²) in [6.07, 6.45) is 1.61. The van der Waals surface area contributed by atoms with Gasteiger partial charge in [-0.15, -0.1) is 0 Å². The van der Waals surface area contributed by atoms with Crippen LogP contribution < -0.4 is 5.32 Å². The Bertz CT molecular complexity index is 1090. The van der Waals surface area contributed by atoms with Crippen molar-refractivity contribution in [2.24, 2.45) is 0 Å². The van der Waals surface area contributed by atoms with Gasteiger partial charge >= 0.3 is 0 Å². The summed E-state index contributed by atoms with van der Waals surface area (Å²) in [5.74, 6) is -2.23. The van der Waals surface area contributed by atoms with Crippen LogP contribution in [0, 0.1) is 11.6 Å². The number of hydrogen-bond donors (Lipinski definition) is 1. The number of Topliss-reactive ketones (excluding diaryl/α,β-unsaturated/α-hetero) is 1. The Morgan fingerprint density at radius 2 is 1.77 bits per heavy atom. The molecule has 0 unspecified atom stereocenters. The minimum atomic E-state index is -3.98. The second-order valence-electron chi connectivity index (χ2n) is 7.60. The van der Waals surface area contributed by atoms with E-state index in [0.717, 1.165) is 16.4 Å². The normalized spacial score (nSPS) is 18.4. The number of amides is 1. The highest BCUT2D eigenvalue weighted by Crippen LogP contribution is 2.27. The fourth-order valence-electron chi connectivity index (χ4n) is 3.69. The van der Waals surface area contributed by atoms with Gasteiger partial charge in [0.05, 0.1) is 10.9 Å². The van der Waals surface area contributed by atoms with Crippen molar-refractivity contribution in [3.8, 4) is 0 Å². The van der Waals surface area contributed by atoms with Gasteiger partial charge in [0.2, 0.25) is 15.9 Å². The highest BCUT2D eigenvalue weighted by Gasteiger charge is 2.38. The highest BCUT2D eigenvalue weighted by molar-refractivity contribution is 7.89. The van der Waals surface area contributed by atoms with Gasteiger partial charge < -0.3 is 5.32 Å². The summed E-state index contributed by atoms with van der Waals surface area (Å²) in [5.41, 5.74) is 0.502. The van der Waals surface area contributed by atoms with Crippen molar-refractivity contribution < 1.29 is 26.8 Å². The number of benzene rings is 2. The van der Waals surface area contributed by atoms with Crippen molar-refractivity contribution in [3.05, 3.63) is 65.2 Å². The molecule has 3 rings (SSSR count). The first-order valence-electron chi connectivity index (χ1n) is 9.99. The van der Waals surface area contributed by atoms with Gasteiger partial charge in [0, 0.05) is 23.7 Å². The second kappa shape index (κ2) is 9.23. The molecule has 9 heteroatoms. The summed E-state index contributed by atoms with van der Waals surface area (Å²) in [6, 6.07) is 6.95. The first-order chi connectivity index (χ1) is 14.6. The van der Waals surface area contributed by atoms with Gasteiger partial charge in [-0.25, -0.2) is 17.2 Å². The molecule has 1 fully saturated rings. The number of halogens is 2. The smallest absolute Gasteiger partial charge is 0.243 e. The molecular weight excluding hydrogens is 426 g/mol. The number of nitrogens with zero attached hydrogens (tertiary/aromatic N) is 1. The van der Waals surface area contributed by atoms with Gasteiger partial charge in [0.15, 0.2) is 5.78 Å². The van der Waals surface area contributed by atoms with Crippen molar-refractivity contribution in [1.29, 1.82) is 0 Å². The van der Waals surface area contributed by atoms with E-state index in [0.29, 0.717) is 24.8 Å². The van der Waals surface area contributed by atoms with Crippen molar-refractivity contribution >= 4 is 21.7 Å². The van der Waals surface area contributed by atoms with Crippen LogP contribution in [0.25, 0.3) is 0 Å². The maximum atomic E-state index is 14.0. The molecule has 2 aromatic rings. The average molecular weight is 451 g/mol. The SMILES string of the molecule is CC(=O)c1ccc(S(=O)(=O)N2CCCC[C@@H]2C(=O)N[C@H](C)c2ccc(F)cc2F)cc1. The van der Waals surface area contributed by atoms with Gasteiger partial charge in [0.25, 0.3) is 0 Å². The lowest BCUT2D eigenvalue weighted by Crippen LogP contribution is -2.52. The minimum Gasteiger partial charge on any atom is -0.348 e. The molecule has 6 nitrogen and oxygen atoms in total. The lowest BCUT2D eigenvalue weighted by Gasteiger charge is -2.34. The van der Waals surface area contributed by atoms with Crippen molar-refractivity contribution in [3.63, 3.8) is 0 Å². The lowest BCUT2D eigenvalue weighted by molar-refractivity contribution is -0.126. The summed E-state index contributed by atoms with van der Waals surface area (Å²) < 4.78 is 54.7. The van der Waals surface area contributed by atoms with Crippen LogP contribution in [0.5, 0.6) is 0 Å². The Morgan fingerprint density at radius 3 is 2.39 bits per heavy atom. The summed E-state index contributed by atoms with van der Waals surface area (Å²) in [4.78, 5) is 24.4. The molecule has 1 saturated heterocycles. The van der Waals surface area contributed by atoms with E-state index in [1.165, 1.54) is 37.3 Å². The van der Waals surface area contributed by atoms with Gasteiger partial charge in [-0.3, -0.25) is 9.59 Å². The molecule has 1 aliphatic rings. The Hall–Kier alpha value is -2.65. The van der Waals surface area contributed by atoms with Crippen LogP contribution in [-0.4, -0.2) is 37.0 Å². The Kier molecular flexibility index (Phi) is 6.86. The summed E-state index contributed by atoms with van der Waals surface area (Å²) in [6.45, 7) is 3.12. The third-order valence-corrected chi connectivity index (χ3v) is 7.33. The molecule has 1 heterocycles. The van der Waals surface area contributed by atoms with Crippen LogP contribution in [0.3, 0.4) is 0 Å². The highest BCUT2D eigenvalue weighted by atomic mass is 32.2. The van der Waals surface area contributed by atoms with Gasteiger partial charge in [0.1, 0.15) is 17.7 Å². The van der Waals surface area contributed by atoms with Crippen molar-refractivity contribution in [2.75, 3.05) is 6.54 Å².